The average Bonchev–Trinajstić information content (AvgIpc) is 3.09. The first-order valence-electron chi connectivity index (χ1n) is 8.82. The third-order valence-corrected chi connectivity index (χ3v) is 5.00. The topological polar surface area (TPSA) is 66.9 Å². The maximum atomic E-state index is 12.7. The minimum atomic E-state index is -0.328. The van der Waals surface area contributed by atoms with Crippen molar-refractivity contribution < 1.29 is 4.79 Å². The number of nitrogens with one attached hydrogen (secondary N) is 2. The number of urea groups is 1. The second kappa shape index (κ2) is 8.02. The Labute approximate surface area is 167 Å². The largest absolute Gasteiger partial charge is 0.324 e. The third-order valence-electron chi connectivity index (χ3n) is 4.11. The predicted octanol–water partition coefficient (Wildman–Crippen LogP) is 5.82. The Balaban J connectivity index is 1.57. The summed E-state index contributed by atoms with van der Waals surface area (Å²) < 4.78 is 0. The summed E-state index contributed by atoms with van der Waals surface area (Å²) in [6, 6.07) is 22.9. The van der Waals surface area contributed by atoms with Crippen LogP contribution in [0.15, 0.2) is 79.0 Å². The number of carbonyl (C=O) groups is 1. The maximum Gasteiger partial charge on any atom is 0.324 e. The van der Waals surface area contributed by atoms with E-state index in [0.29, 0.717) is 10.7 Å². The molecule has 0 atom stereocenters. The van der Waals surface area contributed by atoms with Crippen molar-refractivity contribution in [1.29, 1.82) is 0 Å². The van der Waals surface area contributed by atoms with E-state index in [1.807, 2.05) is 73.7 Å². The van der Waals surface area contributed by atoms with Crippen LogP contribution in [-0.2, 0) is 0 Å². The molecule has 2 amide bonds. The van der Waals surface area contributed by atoms with Gasteiger partial charge in [-0.2, -0.15) is 0 Å². The Hall–Kier alpha value is -3.51. The van der Waals surface area contributed by atoms with E-state index in [-0.39, 0.29) is 6.03 Å². The van der Waals surface area contributed by atoms with Gasteiger partial charge in [-0.25, -0.2) is 9.78 Å². The molecular formula is C22H18N4OS. The smallest absolute Gasteiger partial charge is 0.306 e. The Bertz CT molecular complexity index is 1090. The van der Waals surface area contributed by atoms with Crippen molar-refractivity contribution in [2.75, 3.05) is 10.6 Å². The lowest BCUT2D eigenvalue weighted by Crippen LogP contribution is -2.19. The van der Waals surface area contributed by atoms with Gasteiger partial charge < -0.3 is 5.32 Å². The van der Waals surface area contributed by atoms with E-state index < -0.39 is 0 Å². The lowest BCUT2D eigenvalue weighted by molar-refractivity contribution is 0.262. The molecule has 138 valence electrons. The number of pyridine rings is 1. The molecule has 2 N–H and O–H groups in total. The number of nitrogens with zero attached hydrogens (tertiary/aromatic N) is 2. The van der Waals surface area contributed by atoms with Crippen LogP contribution in [0.3, 0.4) is 0 Å². The van der Waals surface area contributed by atoms with Crippen LogP contribution < -0.4 is 10.6 Å². The van der Waals surface area contributed by atoms with Crippen LogP contribution in [0.25, 0.3) is 22.5 Å². The minimum Gasteiger partial charge on any atom is -0.306 e. The summed E-state index contributed by atoms with van der Waals surface area (Å²) in [5.74, 6) is 0. The highest BCUT2D eigenvalue weighted by molar-refractivity contribution is 7.16. The van der Waals surface area contributed by atoms with Gasteiger partial charge in [0, 0.05) is 17.3 Å². The van der Waals surface area contributed by atoms with Gasteiger partial charge in [-0.3, -0.25) is 10.3 Å². The number of benzene rings is 2. The second-order valence-corrected chi connectivity index (χ2v) is 7.32. The molecule has 0 aliphatic rings. The molecule has 0 saturated heterocycles. The van der Waals surface area contributed by atoms with Crippen molar-refractivity contribution in [2.45, 2.75) is 6.92 Å². The van der Waals surface area contributed by atoms with E-state index in [9.17, 15) is 4.79 Å². The van der Waals surface area contributed by atoms with E-state index in [2.05, 4.69) is 20.6 Å². The van der Waals surface area contributed by atoms with Gasteiger partial charge in [0.15, 0.2) is 0 Å². The molecule has 6 heteroatoms. The van der Waals surface area contributed by atoms with Crippen molar-refractivity contribution in [3.63, 3.8) is 0 Å². The number of amides is 2. The lowest BCUT2D eigenvalue weighted by atomic mass is 10.1. The van der Waals surface area contributed by atoms with E-state index in [4.69, 9.17) is 0 Å². The maximum absolute atomic E-state index is 12.7. The number of rotatable bonds is 4. The number of hydrogen-bond donors (Lipinski definition) is 2. The average molecular weight is 386 g/mol. The zero-order chi connectivity index (χ0) is 19.3. The molecule has 0 aliphatic heterocycles. The predicted molar refractivity (Wildman–Crippen MR) is 115 cm³/mol. The van der Waals surface area contributed by atoms with E-state index in [1.54, 1.807) is 12.3 Å². The van der Waals surface area contributed by atoms with Gasteiger partial charge in [0.1, 0.15) is 10.7 Å². The zero-order valence-corrected chi connectivity index (χ0v) is 16.0. The van der Waals surface area contributed by atoms with Crippen molar-refractivity contribution in [1.82, 2.24) is 9.97 Å². The highest BCUT2D eigenvalue weighted by atomic mass is 32.1. The Morgan fingerprint density at radius 2 is 1.46 bits per heavy atom. The molecule has 2 aromatic heterocycles. The van der Waals surface area contributed by atoms with Crippen molar-refractivity contribution in [2.24, 2.45) is 0 Å². The van der Waals surface area contributed by atoms with Gasteiger partial charge in [0.2, 0.25) is 0 Å². The van der Waals surface area contributed by atoms with Gasteiger partial charge in [0.25, 0.3) is 0 Å². The summed E-state index contributed by atoms with van der Waals surface area (Å²) >= 11 is 1.45. The summed E-state index contributed by atoms with van der Waals surface area (Å²) in [6.07, 6.45) is 1.71. The molecule has 0 fully saturated rings. The van der Waals surface area contributed by atoms with Crippen LogP contribution in [0.2, 0.25) is 0 Å². The number of aromatic nitrogens is 2. The van der Waals surface area contributed by atoms with Gasteiger partial charge in [-0.15, -0.1) is 11.3 Å². The number of carbonyl (C=O) groups excluding carboxylic acids is 1. The Morgan fingerprint density at radius 3 is 2.14 bits per heavy atom. The minimum absolute atomic E-state index is 0.328. The number of anilines is 2. The molecule has 5 nitrogen and oxygen atoms in total. The van der Waals surface area contributed by atoms with Crippen LogP contribution >= 0.6 is 11.3 Å². The molecule has 0 bridgehead atoms. The summed E-state index contributed by atoms with van der Waals surface area (Å²) in [4.78, 5) is 21.7. The summed E-state index contributed by atoms with van der Waals surface area (Å²) in [5, 5.41) is 7.45. The summed E-state index contributed by atoms with van der Waals surface area (Å²) in [6.45, 7) is 1.93. The summed E-state index contributed by atoms with van der Waals surface area (Å²) in [5.41, 5.74) is 4.05. The fraction of sp³-hybridized carbons (Fsp3) is 0.0455. The normalized spacial score (nSPS) is 10.5. The molecule has 0 aliphatic carbocycles. The number of thiazole rings is 1. The van der Waals surface area contributed by atoms with Crippen LogP contribution in [-0.4, -0.2) is 16.0 Å². The standard InChI is InChI=1S/C22H18N4OS/c1-15-24-20(17-11-6-3-7-12-17)21(28-15)26-22(27)25-18-13-8-14-23-19(18)16-9-4-2-5-10-16/h2-14H,1H3,(H2,25,26,27). The first-order valence-corrected chi connectivity index (χ1v) is 9.63. The SMILES string of the molecule is Cc1nc(-c2ccccc2)c(NC(=O)Nc2cccnc2-c2ccccc2)s1. The van der Waals surface area contributed by atoms with Gasteiger partial charge in [-0.05, 0) is 19.1 Å². The molecule has 0 spiro atoms. The molecule has 0 unspecified atom stereocenters. The van der Waals surface area contributed by atoms with E-state index in [1.165, 1.54) is 11.3 Å². The van der Waals surface area contributed by atoms with Crippen LogP contribution in [0, 0.1) is 6.92 Å². The molecule has 2 heterocycles. The lowest BCUT2D eigenvalue weighted by Gasteiger charge is -2.11. The number of aryl methyl sites for hydroxylation is 1. The molecule has 4 aromatic rings. The quantitative estimate of drug-likeness (QED) is 0.464. The molecular weight excluding hydrogens is 368 g/mol. The monoisotopic (exact) mass is 386 g/mol. The molecule has 28 heavy (non-hydrogen) atoms. The van der Waals surface area contributed by atoms with Crippen molar-refractivity contribution >= 4 is 28.1 Å². The second-order valence-electron chi connectivity index (χ2n) is 6.12. The molecule has 2 aromatic carbocycles. The molecule has 0 saturated carbocycles. The zero-order valence-electron chi connectivity index (χ0n) is 15.2. The third kappa shape index (κ3) is 3.92. The fourth-order valence-corrected chi connectivity index (χ4v) is 3.73. The molecule has 0 radical (unpaired) electrons. The highest BCUT2D eigenvalue weighted by Crippen LogP contribution is 2.33. The fourth-order valence-electron chi connectivity index (χ4n) is 2.89. The van der Waals surface area contributed by atoms with Gasteiger partial charge >= 0.3 is 6.03 Å². The molecule has 4 rings (SSSR count). The Kier molecular flexibility index (Phi) is 5.12. The van der Waals surface area contributed by atoms with Crippen molar-refractivity contribution in [3.8, 4) is 22.5 Å². The number of hydrogen-bond acceptors (Lipinski definition) is 4. The van der Waals surface area contributed by atoms with Crippen LogP contribution in [0.4, 0.5) is 15.5 Å². The van der Waals surface area contributed by atoms with Crippen LogP contribution in [0.1, 0.15) is 5.01 Å². The Morgan fingerprint density at radius 1 is 0.821 bits per heavy atom. The van der Waals surface area contributed by atoms with Gasteiger partial charge in [0.05, 0.1) is 16.4 Å². The van der Waals surface area contributed by atoms with E-state index >= 15 is 0 Å². The van der Waals surface area contributed by atoms with Crippen molar-refractivity contribution in [3.05, 3.63) is 84.0 Å². The highest BCUT2D eigenvalue weighted by Gasteiger charge is 2.15. The summed E-state index contributed by atoms with van der Waals surface area (Å²) in [7, 11) is 0. The van der Waals surface area contributed by atoms with Crippen LogP contribution in [0.5, 0.6) is 0 Å². The first-order chi connectivity index (χ1) is 13.7. The van der Waals surface area contributed by atoms with Gasteiger partial charge in [-0.1, -0.05) is 60.7 Å². The van der Waals surface area contributed by atoms with E-state index in [0.717, 1.165) is 27.5 Å². The first kappa shape index (κ1) is 17.9.